The van der Waals surface area contributed by atoms with Gasteiger partial charge in [-0.1, -0.05) is 36.4 Å². The van der Waals surface area contributed by atoms with Crippen molar-refractivity contribution >= 4 is 23.0 Å². The van der Waals surface area contributed by atoms with Crippen LogP contribution in [-0.4, -0.2) is 27.3 Å². The number of benzene rings is 3. The Labute approximate surface area is 214 Å². The van der Waals surface area contributed by atoms with Crippen molar-refractivity contribution < 1.29 is 28.6 Å². The summed E-state index contributed by atoms with van der Waals surface area (Å²) in [6.07, 6.45) is 0.756. The Morgan fingerprint density at radius 1 is 0.946 bits per heavy atom. The van der Waals surface area contributed by atoms with E-state index in [1.54, 1.807) is 32.9 Å². The molecular weight excluding hydrogens is 473 g/mol. The molecule has 0 radical (unpaired) electrons. The summed E-state index contributed by atoms with van der Waals surface area (Å²) in [5, 5.41) is 10.2. The fourth-order valence-electron chi connectivity index (χ4n) is 4.49. The second-order valence-corrected chi connectivity index (χ2v) is 10.4. The van der Waals surface area contributed by atoms with E-state index in [4.69, 9.17) is 9.47 Å². The van der Waals surface area contributed by atoms with Gasteiger partial charge in [0.2, 0.25) is 0 Å². The van der Waals surface area contributed by atoms with Crippen LogP contribution in [0.25, 0.3) is 22.0 Å². The van der Waals surface area contributed by atoms with Crippen molar-refractivity contribution in [2.75, 3.05) is 0 Å². The van der Waals surface area contributed by atoms with Crippen molar-refractivity contribution in [2.45, 2.75) is 51.2 Å². The van der Waals surface area contributed by atoms with E-state index >= 15 is 0 Å². The molecule has 1 N–H and O–H groups in total. The number of carboxylic acid groups (broad SMARTS) is 1. The average molecular weight is 502 g/mol. The molecule has 1 saturated carbocycles. The summed E-state index contributed by atoms with van der Waals surface area (Å²) < 4.78 is 26.8. The van der Waals surface area contributed by atoms with Crippen molar-refractivity contribution in [3.8, 4) is 16.9 Å². The predicted octanol–water partition coefficient (Wildman–Crippen LogP) is 6.93. The van der Waals surface area contributed by atoms with Crippen LogP contribution in [0.15, 0.2) is 72.8 Å². The molecule has 0 amide bonds. The minimum absolute atomic E-state index is 0.0842. The first kappa shape index (κ1) is 24.6. The summed E-state index contributed by atoms with van der Waals surface area (Å²) in [7, 11) is 0. The van der Waals surface area contributed by atoms with Crippen molar-refractivity contribution in [2.24, 2.45) is 0 Å². The van der Waals surface area contributed by atoms with E-state index in [1.165, 1.54) is 16.7 Å². The molecule has 0 spiro atoms. The van der Waals surface area contributed by atoms with Crippen LogP contribution in [0.1, 0.15) is 44.9 Å². The van der Waals surface area contributed by atoms with Gasteiger partial charge in [-0.05, 0) is 86.7 Å². The highest BCUT2D eigenvalue weighted by molar-refractivity contribution is 5.91. The first-order valence-electron chi connectivity index (χ1n) is 12.2. The standard InChI is InChI=1S/C30H28FNO5/c1-29(2,3)37-28(35)32-24(16-21-6-11-23(31)17-26(21)32)18-36-25-12-7-20(8-13-25)19-4-9-22(10-5-19)30(14-15-30)27(33)34/h4-13,16-17H,14-15,18H2,1-3H3,(H,33,34). The Kier molecular flexibility index (Phi) is 6.02. The summed E-state index contributed by atoms with van der Waals surface area (Å²) in [6.45, 7) is 5.41. The minimum Gasteiger partial charge on any atom is -0.487 e. The quantitative estimate of drug-likeness (QED) is 0.310. The lowest BCUT2D eigenvalue weighted by Crippen LogP contribution is -2.28. The number of nitrogens with zero attached hydrogens (tertiary/aromatic N) is 1. The first-order valence-corrected chi connectivity index (χ1v) is 12.2. The van der Waals surface area contributed by atoms with Crippen molar-refractivity contribution in [1.29, 1.82) is 0 Å². The van der Waals surface area contributed by atoms with Gasteiger partial charge < -0.3 is 14.6 Å². The molecule has 190 valence electrons. The van der Waals surface area contributed by atoms with Crippen molar-refractivity contribution in [3.05, 3.63) is 89.9 Å². The molecule has 4 aromatic rings. The summed E-state index contributed by atoms with van der Waals surface area (Å²) in [4.78, 5) is 24.5. The number of fused-ring (bicyclic) bond motifs is 1. The maximum absolute atomic E-state index is 14.0. The Bertz CT molecular complexity index is 1480. The van der Waals surface area contributed by atoms with Gasteiger partial charge in [0.05, 0.1) is 16.6 Å². The highest BCUT2D eigenvalue weighted by atomic mass is 19.1. The number of hydrogen-bond acceptors (Lipinski definition) is 4. The first-order chi connectivity index (χ1) is 17.6. The number of rotatable bonds is 6. The Morgan fingerprint density at radius 2 is 1.57 bits per heavy atom. The molecular formula is C30H28FNO5. The Balaban J connectivity index is 1.33. The molecule has 1 fully saturated rings. The Morgan fingerprint density at radius 3 is 2.14 bits per heavy atom. The topological polar surface area (TPSA) is 77.8 Å². The summed E-state index contributed by atoms with van der Waals surface area (Å²) in [5.41, 5.74) is 2.32. The maximum atomic E-state index is 14.0. The number of aliphatic carboxylic acids is 1. The molecule has 0 saturated heterocycles. The Hall–Kier alpha value is -4.13. The van der Waals surface area contributed by atoms with E-state index in [1.807, 2.05) is 48.5 Å². The normalized spacial score (nSPS) is 14.4. The number of ether oxygens (including phenoxy) is 2. The van der Waals surface area contributed by atoms with Crippen LogP contribution in [0.4, 0.5) is 9.18 Å². The number of carbonyl (C=O) groups excluding carboxylic acids is 1. The largest absolute Gasteiger partial charge is 0.487 e. The number of aromatic nitrogens is 1. The fourth-order valence-corrected chi connectivity index (χ4v) is 4.49. The highest BCUT2D eigenvalue weighted by Crippen LogP contribution is 2.48. The van der Waals surface area contributed by atoms with E-state index in [0.29, 0.717) is 35.2 Å². The average Bonchev–Trinajstić information content (AvgIpc) is 3.58. The number of halogens is 1. The lowest BCUT2D eigenvalue weighted by molar-refractivity contribution is -0.140. The van der Waals surface area contributed by atoms with E-state index < -0.39 is 28.9 Å². The summed E-state index contributed by atoms with van der Waals surface area (Å²) >= 11 is 0. The number of hydrogen-bond donors (Lipinski definition) is 1. The molecule has 1 aromatic heterocycles. The van der Waals surface area contributed by atoms with Crippen LogP contribution >= 0.6 is 0 Å². The SMILES string of the molecule is CC(C)(C)OC(=O)n1c(COc2ccc(-c3ccc(C4(C(=O)O)CC4)cc3)cc2)cc2ccc(F)cc21. The number of carbonyl (C=O) groups is 2. The zero-order chi connectivity index (χ0) is 26.4. The lowest BCUT2D eigenvalue weighted by Gasteiger charge is -2.21. The van der Waals surface area contributed by atoms with Crippen LogP contribution in [0.3, 0.4) is 0 Å². The molecule has 7 heteroatoms. The van der Waals surface area contributed by atoms with Gasteiger partial charge in [-0.15, -0.1) is 0 Å². The van der Waals surface area contributed by atoms with Gasteiger partial charge in [0, 0.05) is 5.39 Å². The summed E-state index contributed by atoms with van der Waals surface area (Å²) in [5.74, 6) is -0.602. The molecule has 0 unspecified atom stereocenters. The molecule has 1 aliphatic rings. The van der Waals surface area contributed by atoms with Gasteiger partial charge in [0.25, 0.3) is 0 Å². The predicted molar refractivity (Wildman–Crippen MR) is 138 cm³/mol. The zero-order valence-corrected chi connectivity index (χ0v) is 21.0. The summed E-state index contributed by atoms with van der Waals surface area (Å²) in [6, 6.07) is 21.2. The monoisotopic (exact) mass is 501 g/mol. The zero-order valence-electron chi connectivity index (χ0n) is 21.0. The molecule has 1 aliphatic carbocycles. The van der Waals surface area contributed by atoms with Crippen LogP contribution < -0.4 is 4.74 Å². The molecule has 0 bridgehead atoms. The van der Waals surface area contributed by atoms with Gasteiger partial charge in [-0.2, -0.15) is 0 Å². The van der Waals surface area contributed by atoms with Crippen molar-refractivity contribution in [1.82, 2.24) is 4.57 Å². The van der Waals surface area contributed by atoms with Gasteiger partial charge >= 0.3 is 12.1 Å². The third-order valence-electron chi connectivity index (χ3n) is 6.59. The van der Waals surface area contributed by atoms with Gasteiger partial charge in [-0.3, -0.25) is 4.79 Å². The molecule has 3 aromatic carbocycles. The van der Waals surface area contributed by atoms with E-state index in [0.717, 1.165) is 16.7 Å². The maximum Gasteiger partial charge on any atom is 0.419 e. The van der Waals surface area contributed by atoms with Gasteiger partial charge in [-0.25, -0.2) is 13.8 Å². The third kappa shape index (κ3) is 4.94. The van der Waals surface area contributed by atoms with Crippen LogP contribution in [-0.2, 0) is 21.6 Å². The van der Waals surface area contributed by atoms with E-state index in [2.05, 4.69) is 0 Å². The van der Waals surface area contributed by atoms with E-state index in [9.17, 15) is 19.1 Å². The third-order valence-corrected chi connectivity index (χ3v) is 6.59. The minimum atomic E-state index is -0.766. The lowest BCUT2D eigenvalue weighted by atomic mass is 9.94. The highest BCUT2D eigenvalue weighted by Gasteiger charge is 2.51. The van der Waals surface area contributed by atoms with E-state index in [-0.39, 0.29) is 6.61 Å². The second kappa shape index (κ2) is 9.07. The molecule has 1 heterocycles. The second-order valence-electron chi connectivity index (χ2n) is 10.4. The van der Waals surface area contributed by atoms with Crippen LogP contribution in [0.5, 0.6) is 5.75 Å². The molecule has 6 nitrogen and oxygen atoms in total. The molecule has 37 heavy (non-hydrogen) atoms. The fraction of sp³-hybridized carbons (Fsp3) is 0.267. The van der Waals surface area contributed by atoms with Crippen molar-refractivity contribution in [3.63, 3.8) is 0 Å². The number of carboxylic acids is 1. The molecule has 0 aliphatic heterocycles. The van der Waals surface area contributed by atoms with Crippen LogP contribution in [0.2, 0.25) is 0 Å². The van der Waals surface area contributed by atoms with Crippen LogP contribution in [0, 0.1) is 5.82 Å². The van der Waals surface area contributed by atoms with Gasteiger partial charge in [0.1, 0.15) is 23.8 Å². The molecule has 0 atom stereocenters. The van der Waals surface area contributed by atoms with Gasteiger partial charge in [0.15, 0.2) is 0 Å². The molecule has 5 rings (SSSR count). The smallest absolute Gasteiger partial charge is 0.419 e.